The van der Waals surface area contributed by atoms with Crippen LogP contribution in [0.3, 0.4) is 0 Å². The van der Waals surface area contributed by atoms with Crippen molar-refractivity contribution in [1.82, 2.24) is 14.3 Å². The van der Waals surface area contributed by atoms with E-state index in [2.05, 4.69) is 15.3 Å². The molecule has 3 heterocycles. The number of pyridine rings is 2. The molecule has 1 atom stereocenters. The molecule has 2 aromatic heterocycles. The number of anilines is 2. The lowest BCUT2D eigenvalue weighted by Gasteiger charge is -2.24. The van der Waals surface area contributed by atoms with Gasteiger partial charge in [-0.1, -0.05) is 24.3 Å². The van der Waals surface area contributed by atoms with E-state index in [9.17, 15) is 8.42 Å². The Hall–Kier alpha value is -2.97. The zero-order valence-electron chi connectivity index (χ0n) is 16.5. The van der Waals surface area contributed by atoms with Crippen molar-refractivity contribution in [2.24, 2.45) is 0 Å². The Morgan fingerprint density at radius 3 is 2.60 bits per heavy atom. The molecule has 1 fully saturated rings. The van der Waals surface area contributed by atoms with Crippen LogP contribution in [-0.2, 0) is 10.0 Å². The molecule has 1 aliphatic rings. The third-order valence-electron chi connectivity index (χ3n) is 4.98. The molecule has 30 heavy (non-hydrogen) atoms. The highest BCUT2D eigenvalue weighted by Crippen LogP contribution is 2.33. The van der Waals surface area contributed by atoms with Crippen LogP contribution in [0.15, 0.2) is 73.1 Å². The molecule has 0 saturated carbocycles. The Balaban J connectivity index is 1.39. The second kappa shape index (κ2) is 9.23. The number of hydrogen-bond donors (Lipinski definition) is 1. The van der Waals surface area contributed by atoms with Crippen LogP contribution in [0.4, 0.5) is 11.5 Å². The van der Waals surface area contributed by atoms with Crippen LogP contribution >= 0.6 is 0 Å². The van der Waals surface area contributed by atoms with Crippen molar-refractivity contribution in [3.05, 3.63) is 78.8 Å². The van der Waals surface area contributed by atoms with Gasteiger partial charge in [0.25, 0.3) is 0 Å². The molecule has 7 nitrogen and oxygen atoms in total. The monoisotopic (exact) mass is 424 g/mol. The molecule has 0 radical (unpaired) electrons. The maximum Gasteiger partial charge on any atom is 0.218 e. The molecule has 0 spiro atoms. The highest BCUT2D eigenvalue weighted by molar-refractivity contribution is 7.89. The van der Waals surface area contributed by atoms with Crippen LogP contribution in [-0.4, -0.2) is 41.6 Å². The molecule has 0 aliphatic carbocycles. The molecular formula is C22H24N4O3S. The molecule has 1 aliphatic heterocycles. The number of benzene rings is 1. The van der Waals surface area contributed by atoms with Gasteiger partial charge >= 0.3 is 0 Å². The van der Waals surface area contributed by atoms with Crippen molar-refractivity contribution in [3.63, 3.8) is 0 Å². The summed E-state index contributed by atoms with van der Waals surface area (Å²) < 4.78 is 33.0. The average Bonchev–Trinajstić information content (AvgIpc) is 3.27. The Labute approximate surface area is 176 Å². The largest absolute Gasteiger partial charge is 0.492 e. The van der Waals surface area contributed by atoms with Crippen molar-refractivity contribution in [2.75, 3.05) is 24.2 Å². The summed E-state index contributed by atoms with van der Waals surface area (Å²) in [5.74, 6) is 1.34. The summed E-state index contributed by atoms with van der Waals surface area (Å²) in [5, 5.41) is 3.18. The zero-order valence-corrected chi connectivity index (χ0v) is 17.3. The van der Waals surface area contributed by atoms with E-state index >= 15 is 0 Å². The Morgan fingerprint density at radius 2 is 1.87 bits per heavy atom. The maximum atomic E-state index is 12.9. The smallest absolute Gasteiger partial charge is 0.218 e. The van der Waals surface area contributed by atoms with Gasteiger partial charge in [0.15, 0.2) is 0 Å². The number of hydrogen-bond acceptors (Lipinski definition) is 6. The van der Waals surface area contributed by atoms with Crippen LogP contribution in [0, 0.1) is 0 Å². The standard InChI is InChI=1S/C22H24N4O3S/c27-30(28,16-15-29-19-7-2-1-3-8-19)26-14-6-9-21(26)20-12-11-18(17-24-20)25-22-10-4-5-13-23-22/h1-5,7-8,10-13,17,21H,6,9,14-16H2,(H,23,25)/t21-/m0/s1. The fourth-order valence-electron chi connectivity index (χ4n) is 3.53. The first-order valence-corrected chi connectivity index (χ1v) is 11.5. The van der Waals surface area contributed by atoms with Gasteiger partial charge in [-0.25, -0.2) is 13.4 Å². The van der Waals surface area contributed by atoms with Crippen LogP contribution in [0.5, 0.6) is 5.75 Å². The minimum Gasteiger partial charge on any atom is -0.492 e. The van der Waals surface area contributed by atoms with Gasteiger partial charge in [-0.2, -0.15) is 4.31 Å². The number of ether oxygens (including phenoxy) is 1. The summed E-state index contributed by atoms with van der Waals surface area (Å²) in [5.41, 5.74) is 1.56. The van der Waals surface area contributed by atoms with Crippen molar-refractivity contribution in [2.45, 2.75) is 18.9 Å². The topological polar surface area (TPSA) is 84.4 Å². The first kappa shape index (κ1) is 20.3. The molecule has 0 bridgehead atoms. The molecular weight excluding hydrogens is 400 g/mol. The first-order valence-electron chi connectivity index (χ1n) is 9.93. The third-order valence-corrected chi connectivity index (χ3v) is 6.81. The maximum absolute atomic E-state index is 12.9. The van der Waals surface area contributed by atoms with Gasteiger partial charge < -0.3 is 10.1 Å². The number of para-hydroxylation sites is 1. The molecule has 0 amide bonds. The first-order chi connectivity index (χ1) is 14.6. The van der Waals surface area contributed by atoms with Crippen LogP contribution < -0.4 is 10.1 Å². The summed E-state index contributed by atoms with van der Waals surface area (Å²) in [6.45, 7) is 0.629. The van der Waals surface area contributed by atoms with Crippen molar-refractivity contribution in [1.29, 1.82) is 0 Å². The van der Waals surface area contributed by atoms with Crippen molar-refractivity contribution in [3.8, 4) is 5.75 Å². The van der Waals surface area contributed by atoms with E-state index in [1.54, 1.807) is 16.7 Å². The van der Waals surface area contributed by atoms with Gasteiger partial charge in [-0.05, 0) is 49.2 Å². The second-order valence-corrected chi connectivity index (χ2v) is 9.10. The van der Waals surface area contributed by atoms with E-state index < -0.39 is 10.0 Å². The molecule has 0 unspecified atom stereocenters. The predicted octanol–water partition coefficient (Wildman–Crippen LogP) is 3.77. The molecule has 3 aromatic rings. The molecule has 4 rings (SSSR count). The lowest BCUT2D eigenvalue weighted by molar-refractivity contribution is 0.331. The number of nitrogens with one attached hydrogen (secondary N) is 1. The predicted molar refractivity (Wildman–Crippen MR) is 116 cm³/mol. The quantitative estimate of drug-likeness (QED) is 0.593. The van der Waals surface area contributed by atoms with E-state index in [1.165, 1.54) is 0 Å². The lowest BCUT2D eigenvalue weighted by atomic mass is 10.1. The minimum absolute atomic E-state index is 0.0578. The normalized spacial score (nSPS) is 17.0. The van der Waals surface area contributed by atoms with Gasteiger partial charge in [0.05, 0.1) is 29.4 Å². The van der Waals surface area contributed by atoms with Gasteiger partial charge in [-0.15, -0.1) is 0 Å². The second-order valence-electron chi connectivity index (χ2n) is 7.06. The number of rotatable bonds is 8. The Kier molecular flexibility index (Phi) is 6.25. The fraction of sp³-hybridized carbons (Fsp3) is 0.273. The Morgan fingerprint density at radius 1 is 1.03 bits per heavy atom. The summed E-state index contributed by atoms with van der Waals surface area (Å²) in [6.07, 6.45) is 5.01. The van der Waals surface area contributed by atoms with E-state index in [0.717, 1.165) is 30.0 Å². The summed E-state index contributed by atoms with van der Waals surface area (Å²) >= 11 is 0. The van der Waals surface area contributed by atoms with Crippen LogP contribution in [0.2, 0.25) is 0 Å². The summed E-state index contributed by atoms with van der Waals surface area (Å²) in [7, 11) is -3.44. The summed E-state index contributed by atoms with van der Waals surface area (Å²) in [4.78, 5) is 8.75. The number of nitrogens with zero attached hydrogens (tertiary/aromatic N) is 3. The lowest BCUT2D eigenvalue weighted by Crippen LogP contribution is -2.34. The zero-order chi connectivity index (χ0) is 20.8. The average molecular weight is 425 g/mol. The number of sulfonamides is 1. The van der Waals surface area contributed by atoms with Crippen molar-refractivity contribution >= 4 is 21.5 Å². The highest BCUT2D eigenvalue weighted by atomic mass is 32.2. The summed E-state index contributed by atoms with van der Waals surface area (Å²) in [6, 6.07) is 18.4. The molecule has 8 heteroatoms. The molecule has 1 N–H and O–H groups in total. The number of aromatic nitrogens is 2. The van der Waals surface area contributed by atoms with E-state index in [1.807, 2.05) is 60.7 Å². The Bertz CT molecular complexity index is 1040. The van der Waals surface area contributed by atoms with E-state index in [4.69, 9.17) is 4.74 Å². The third kappa shape index (κ3) is 4.95. The van der Waals surface area contributed by atoms with Gasteiger partial charge in [0.1, 0.15) is 18.2 Å². The van der Waals surface area contributed by atoms with Crippen molar-refractivity contribution < 1.29 is 13.2 Å². The van der Waals surface area contributed by atoms with Gasteiger partial charge in [0.2, 0.25) is 10.0 Å². The van der Waals surface area contributed by atoms with Crippen LogP contribution in [0.25, 0.3) is 0 Å². The van der Waals surface area contributed by atoms with E-state index in [0.29, 0.717) is 12.3 Å². The fourth-order valence-corrected chi connectivity index (χ4v) is 5.07. The minimum atomic E-state index is -3.44. The molecule has 156 valence electrons. The SMILES string of the molecule is O=S(=O)(CCOc1ccccc1)N1CCC[C@H]1c1ccc(Nc2ccccn2)cn1. The van der Waals surface area contributed by atoms with E-state index in [-0.39, 0.29) is 18.4 Å². The van der Waals surface area contributed by atoms with Gasteiger partial charge in [-0.3, -0.25) is 4.98 Å². The van der Waals surface area contributed by atoms with Crippen LogP contribution in [0.1, 0.15) is 24.6 Å². The molecule has 1 saturated heterocycles. The highest BCUT2D eigenvalue weighted by Gasteiger charge is 2.35. The van der Waals surface area contributed by atoms with Gasteiger partial charge in [0, 0.05) is 12.7 Å². The molecule has 1 aromatic carbocycles.